The first-order valence-corrected chi connectivity index (χ1v) is 10.3. The highest BCUT2D eigenvalue weighted by Crippen LogP contribution is 2.29. The van der Waals surface area contributed by atoms with Crippen molar-refractivity contribution in [2.75, 3.05) is 24.3 Å². The Labute approximate surface area is 181 Å². The molecule has 31 heavy (non-hydrogen) atoms. The van der Waals surface area contributed by atoms with E-state index in [1.165, 1.54) is 0 Å². The normalized spacial score (nSPS) is 15.4. The SMILES string of the molecule is COc1cccc(NC(=O)N2CCC[C@@H]2C(=O)Nc2ccccc2-c2ccccc2)c1. The van der Waals surface area contributed by atoms with E-state index >= 15 is 0 Å². The van der Waals surface area contributed by atoms with Crippen LogP contribution in [0.15, 0.2) is 78.9 Å². The number of nitrogens with zero attached hydrogens (tertiary/aromatic N) is 1. The summed E-state index contributed by atoms with van der Waals surface area (Å²) in [4.78, 5) is 27.6. The monoisotopic (exact) mass is 415 g/mol. The fraction of sp³-hybridized carbons (Fsp3) is 0.200. The van der Waals surface area contributed by atoms with Crippen molar-refractivity contribution in [1.82, 2.24) is 4.90 Å². The minimum absolute atomic E-state index is 0.179. The van der Waals surface area contributed by atoms with Crippen LogP contribution in [0.25, 0.3) is 11.1 Å². The molecule has 0 spiro atoms. The van der Waals surface area contributed by atoms with E-state index in [0.29, 0.717) is 24.4 Å². The number of para-hydroxylation sites is 1. The molecule has 0 unspecified atom stereocenters. The van der Waals surface area contributed by atoms with Crippen molar-refractivity contribution in [3.8, 4) is 16.9 Å². The average Bonchev–Trinajstić information content (AvgIpc) is 3.31. The highest BCUT2D eigenvalue weighted by molar-refractivity contribution is 6.01. The van der Waals surface area contributed by atoms with E-state index in [9.17, 15) is 9.59 Å². The Morgan fingerprint density at radius 3 is 2.52 bits per heavy atom. The molecular formula is C25H25N3O3. The summed E-state index contributed by atoms with van der Waals surface area (Å²) >= 11 is 0. The number of anilines is 2. The number of ether oxygens (including phenoxy) is 1. The fourth-order valence-electron chi connectivity index (χ4n) is 3.86. The van der Waals surface area contributed by atoms with E-state index in [2.05, 4.69) is 10.6 Å². The Balaban J connectivity index is 1.48. The Morgan fingerprint density at radius 2 is 1.71 bits per heavy atom. The van der Waals surface area contributed by atoms with E-state index in [-0.39, 0.29) is 11.9 Å². The van der Waals surface area contributed by atoms with Gasteiger partial charge in [-0.2, -0.15) is 0 Å². The third kappa shape index (κ3) is 4.69. The maximum atomic E-state index is 13.1. The van der Waals surface area contributed by atoms with Crippen LogP contribution in [0.3, 0.4) is 0 Å². The molecular weight excluding hydrogens is 390 g/mol. The van der Waals surface area contributed by atoms with Crippen molar-refractivity contribution in [3.63, 3.8) is 0 Å². The molecule has 3 amide bonds. The van der Waals surface area contributed by atoms with Crippen molar-refractivity contribution in [2.24, 2.45) is 0 Å². The number of carbonyl (C=O) groups excluding carboxylic acids is 2. The van der Waals surface area contributed by atoms with Gasteiger partial charge in [0.2, 0.25) is 5.91 Å². The molecule has 1 fully saturated rings. The fourth-order valence-corrected chi connectivity index (χ4v) is 3.86. The number of amides is 3. The van der Waals surface area contributed by atoms with Crippen molar-refractivity contribution >= 4 is 23.3 Å². The number of hydrogen-bond donors (Lipinski definition) is 2. The Morgan fingerprint density at radius 1 is 0.935 bits per heavy atom. The minimum atomic E-state index is -0.519. The summed E-state index contributed by atoms with van der Waals surface area (Å²) in [5.41, 5.74) is 3.34. The van der Waals surface area contributed by atoms with Gasteiger partial charge in [0, 0.05) is 29.5 Å². The van der Waals surface area contributed by atoms with Gasteiger partial charge >= 0.3 is 6.03 Å². The second kappa shape index (κ2) is 9.34. The quantitative estimate of drug-likeness (QED) is 0.616. The molecule has 0 radical (unpaired) electrons. The van der Waals surface area contributed by atoms with Gasteiger partial charge in [-0.3, -0.25) is 4.79 Å². The number of rotatable bonds is 5. The maximum absolute atomic E-state index is 13.1. The molecule has 6 heteroatoms. The second-order valence-electron chi connectivity index (χ2n) is 7.41. The van der Waals surface area contributed by atoms with E-state index in [1.54, 1.807) is 24.1 Å². The summed E-state index contributed by atoms with van der Waals surface area (Å²) in [7, 11) is 1.58. The lowest BCUT2D eigenvalue weighted by atomic mass is 10.0. The molecule has 1 atom stereocenters. The minimum Gasteiger partial charge on any atom is -0.497 e. The summed E-state index contributed by atoms with van der Waals surface area (Å²) < 4.78 is 5.21. The van der Waals surface area contributed by atoms with Crippen molar-refractivity contribution in [2.45, 2.75) is 18.9 Å². The number of urea groups is 1. The van der Waals surface area contributed by atoms with Gasteiger partial charge in [-0.25, -0.2) is 4.79 Å². The lowest BCUT2D eigenvalue weighted by molar-refractivity contribution is -0.119. The van der Waals surface area contributed by atoms with Crippen LogP contribution in [0.2, 0.25) is 0 Å². The van der Waals surface area contributed by atoms with Crippen molar-refractivity contribution < 1.29 is 14.3 Å². The first-order chi connectivity index (χ1) is 15.2. The zero-order chi connectivity index (χ0) is 21.6. The number of likely N-dealkylation sites (tertiary alicyclic amines) is 1. The Kier molecular flexibility index (Phi) is 6.17. The van der Waals surface area contributed by atoms with E-state index in [4.69, 9.17) is 4.74 Å². The molecule has 2 N–H and O–H groups in total. The van der Waals surface area contributed by atoms with Crippen LogP contribution < -0.4 is 15.4 Å². The van der Waals surface area contributed by atoms with Gasteiger partial charge in [-0.05, 0) is 36.6 Å². The molecule has 1 aliphatic rings. The van der Waals surface area contributed by atoms with Crippen LogP contribution in [0.4, 0.5) is 16.2 Å². The molecule has 0 bridgehead atoms. The molecule has 4 rings (SSSR count). The number of nitrogens with one attached hydrogen (secondary N) is 2. The van der Waals surface area contributed by atoms with Crippen LogP contribution in [-0.4, -0.2) is 36.5 Å². The Hall–Kier alpha value is -3.80. The molecule has 6 nitrogen and oxygen atoms in total. The molecule has 3 aromatic rings. The van der Waals surface area contributed by atoms with Gasteiger partial charge in [0.05, 0.1) is 7.11 Å². The molecule has 1 aliphatic heterocycles. The molecule has 0 aliphatic carbocycles. The van der Waals surface area contributed by atoms with Crippen LogP contribution in [-0.2, 0) is 4.79 Å². The number of carbonyl (C=O) groups is 2. The highest BCUT2D eigenvalue weighted by atomic mass is 16.5. The molecule has 0 saturated carbocycles. The van der Waals surface area contributed by atoms with Gasteiger partial charge in [-0.15, -0.1) is 0 Å². The lowest BCUT2D eigenvalue weighted by Crippen LogP contribution is -2.45. The summed E-state index contributed by atoms with van der Waals surface area (Å²) in [5, 5.41) is 5.91. The third-order valence-corrected chi connectivity index (χ3v) is 5.41. The third-order valence-electron chi connectivity index (χ3n) is 5.41. The average molecular weight is 415 g/mol. The summed E-state index contributed by atoms with van der Waals surface area (Å²) in [6.45, 7) is 0.536. The van der Waals surface area contributed by atoms with Crippen molar-refractivity contribution in [1.29, 1.82) is 0 Å². The van der Waals surface area contributed by atoms with Gasteiger partial charge in [0.15, 0.2) is 0 Å². The smallest absolute Gasteiger partial charge is 0.322 e. The highest BCUT2D eigenvalue weighted by Gasteiger charge is 2.34. The molecule has 1 heterocycles. The summed E-state index contributed by atoms with van der Waals surface area (Å²) in [6.07, 6.45) is 1.41. The second-order valence-corrected chi connectivity index (χ2v) is 7.41. The zero-order valence-electron chi connectivity index (χ0n) is 17.4. The van der Waals surface area contributed by atoms with Gasteiger partial charge in [0.1, 0.15) is 11.8 Å². The molecule has 1 saturated heterocycles. The summed E-state index contributed by atoms with van der Waals surface area (Å²) in [6, 6.07) is 24.0. The van der Waals surface area contributed by atoms with E-state index in [0.717, 1.165) is 23.2 Å². The lowest BCUT2D eigenvalue weighted by Gasteiger charge is -2.25. The predicted molar refractivity (Wildman–Crippen MR) is 122 cm³/mol. The van der Waals surface area contributed by atoms with Crippen LogP contribution in [0.5, 0.6) is 5.75 Å². The predicted octanol–water partition coefficient (Wildman–Crippen LogP) is 5.00. The maximum Gasteiger partial charge on any atom is 0.322 e. The first-order valence-electron chi connectivity index (χ1n) is 10.3. The number of benzene rings is 3. The Bertz CT molecular complexity index is 1070. The van der Waals surface area contributed by atoms with Crippen LogP contribution in [0.1, 0.15) is 12.8 Å². The van der Waals surface area contributed by atoms with Crippen molar-refractivity contribution in [3.05, 3.63) is 78.9 Å². The van der Waals surface area contributed by atoms with E-state index < -0.39 is 6.04 Å². The van der Waals surface area contributed by atoms with Crippen LogP contribution in [0, 0.1) is 0 Å². The molecule has 158 valence electrons. The van der Waals surface area contributed by atoms with Gasteiger partial charge in [0.25, 0.3) is 0 Å². The van der Waals surface area contributed by atoms with Crippen LogP contribution >= 0.6 is 0 Å². The molecule has 0 aromatic heterocycles. The first kappa shape index (κ1) is 20.5. The topological polar surface area (TPSA) is 70.7 Å². The van der Waals surface area contributed by atoms with Gasteiger partial charge in [-0.1, -0.05) is 54.6 Å². The number of methoxy groups -OCH3 is 1. The number of hydrogen-bond acceptors (Lipinski definition) is 3. The zero-order valence-corrected chi connectivity index (χ0v) is 17.4. The largest absolute Gasteiger partial charge is 0.497 e. The standard InChI is InChI=1S/C25H25N3O3/c1-31-20-12-7-11-19(17-20)26-25(30)28-16-8-15-23(28)24(29)27-22-14-6-5-13-21(22)18-9-3-2-4-10-18/h2-7,9-14,17,23H,8,15-16H2,1H3,(H,26,30)(H,27,29)/t23-/m1/s1. The molecule has 3 aromatic carbocycles. The van der Waals surface area contributed by atoms with Gasteiger partial charge < -0.3 is 20.3 Å². The van der Waals surface area contributed by atoms with E-state index in [1.807, 2.05) is 66.7 Å². The summed E-state index contributed by atoms with van der Waals surface area (Å²) in [5.74, 6) is 0.479.